The number of fused-ring (bicyclic) bond motifs is 8. The lowest BCUT2D eigenvalue weighted by Gasteiger charge is -2.26. The zero-order valence-electron chi connectivity index (χ0n) is 21.1. The number of unbranched alkanes of at least 4 members (excludes halogenated alkanes) is 1. The summed E-state index contributed by atoms with van der Waals surface area (Å²) in [5.41, 5.74) is 11.6. The van der Waals surface area contributed by atoms with Crippen LogP contribution in [0.25, 0.3) is 28.5 Å². The maximum atomic E-state index is 2.66. The van der Waals surface area contributed by atoms with Crippen molar-refractivity contribution in [1.82, 2.24) is 0 Å². The normalized spacial score (nSPS) is 21.1. The Morgan fingerprint density at radius 2 is 1.68 bits per heavy atom. The van der Waals surface area contributed by atoms with Crippen LogP contribution < -0.4 is 4.57 Å². The third-order valence-corrected chi connectivity index (χ3v) is 9.15. The molecule has 2 atom stereocenters. The van der Waals surface area contributed by atoms with Gasteiger partial charge in [-0.2, -0.15) is 4.57 Å². The minimum atomic E-state index is 0.0471. The van der Waals surface area contributed by atoms with Gasteiger partial charge >= 0.3 is 0 Å². The molecule has 2 aliphatic carbocycles. The molecule has 0 N–H and O–H groups in total. The van der Waals surface area contributed by atoms with E-state index in [1.165, 1.54) is 72.0 Å². The highest BCUT2D eigenvalue weighted by Crippen LogP contribution is 2.53. The zero-order chi connectivity index (χ0) is 23.3. The average molecular weight is 449 g/mol. The van der Waals surface area contributed by atoms with Crippen molar-refractivity contribution in [1.29, 1.82) is 0 Å². The molecule has 1 heteroatoms. The Kier molecular flexibility index (Phi) is 5.47. The summed E-state index contributed by atoms with van der Waals surface area (Å²) in [4.78, 5) is 0. The van der Waals surface area contributed by atoms with E-state index in [2.05, 4.69) is 92.2 Å². The lowest BCUT2D eigenvalue weighted by molar-refractivity contribution is -0.744. The molecule has 3 aromatic rings. The fourth-order valence-corrected chi connectivity index (χ4v) is 6.94. The van der Waals surface area contributed by atoms with Crippen molar-refractivity contribution in [3.05, 3.63) is 83.1 Å². The van der Waals surface area contributed by atoms with Crippen LogP contribution in [0.4, 0.5) is 0 Å². The Morgan fingerprint density at radius 1 is 0.882 bits per heavy atom. The van der Waals surface area contributed by atoms with E-state index in [0.717, 1.165) is 24.7 Å². The van der Waals surface area contributed by atoms with E-state index >= 15 is 0 Å². The minimum Gasteiger partial charge on any atom is -0.189 e. The Labute approximate surface area is 205 Å². The number of pyridine rings is 1. The number of hydrogen-bond acceptors (Lipinski definition) is 0. The van der Waals surface area contributed by atoms with E-state index in [1.54, 1.807) is 11.1 Å². The van der Waals surface area contributed by atoms with E-state index in [9.17, 15) is 0 Å². The number of nitrogens with zero attached hydrogens (tertiary/aromatic N) is 1. The molecular formula is C33H38N+. The second kappa shape index (κ2) is 8.52. The number of hydrogen-bond donors (Lipinski definition) is 0. The van der Waals surface area contributed by atoms with Crippen molar-refractivity contribution in [3.63, 3.8) is 0 Å². The summed E-state index contributed by atoms with van der Waals surface area (Å²) in [6.07, 6.45) is 17.5. The van der Waals surface area contributed by atoms with Gasteiger partial charge in [-0.25, -0.2) is 0 Å². The second-order valence-corrected chi connectivity index (χ2v) is 10.9. The van der Waals surface area contributed by atoms with Crippen molar-refractivity contribution in [3.8, 4) is 22.4 Å². The van der Waals surface area contributed by atoms with E-state index in [4.69, 9.17) is 0 Å². The van der Waals surface area contributed by atoms with E-state index in [0.29, 0.717) is 0 Å². The standard InChI is InChI=1S/C33H38N/c1-4-7-9-23-10-8-11-25(18-23)26-13-12-24-16-17-33(5-2,6-3)34-22-31-28-15-14-27(19-28)29(31)21-32(34)30(24)20-26/h8,10-13,16-18,20-22,27-28H,4-7,9,14-15,19H2,1-3H3/q+1. The van der Waals surface area contributed by atoms with Crippen molar-refractivity contribution in [2.45, 2.75) is 89.5 Å². The van der Waals surface area contributed by atoms with Crippen molar-refractivity contribution in [2.75, 3.05) is 0 Å². The average Bonchev–Trinajstić information content (AvgIpc) is 3.47. The summed E-state index contributed by atoms with van der Waals surface area (Å²) in [5.74, 6) is 1.56. The van der Waals surface area contributed by atoms with Gasteiger partial charge in [0.25, 0.3) is 0 Å². The molecule has 6 rings (SSSR count). The molecule has 0 amide bonds. The Hall–Kier alpha value is -2.67. The maximum absolute atomic E-state index is 2.66. The molecule has 2 heterocycles. The van der Waals surface area contributed by atoms with Crippen molar-refractivity contribution >= 4 is 6.08 Å². The van der Waals surface area contributed by atoms with E-state index in [-0.39, 0.29) is 5.54 Å². The third kappa shape index (κ3) is 3.39. The van der Waals surface area contributed by atoms with Crippen LogP contribution >= 0.6 is 0 Å². The van der Waals surface area contributed by atoms with Crippen molar-refractivity contribution in [2.24, 2.45) is 0 Å². The van der Waals surface area contributed by atoms with Gasteiger partial charge in [0.2, 0.25) is 5.69 Å². The minimum absolute atomic E-state index is 0.0471. The van der Waals surface area contributed by atoms with Gasteiger partial charge in [0.05, 0.1) is 5.56 Å². The zero-order valence-corrected chi connectivity index (χ0v) is 21.1. The van der Waals surface area contributed by atoms with Crippen LogP contribution in [-0.4, -0.2) is 0 Å². The summed E-state index contributed by atoms with van der Waals surface area (Å²) >= 11 is 0. The maximum Gasteiger partial charge on any atom is 0.214 e. The highest BCUT2D eigenvalue weighted by Gasteiger charge is 2.44. The highest BCUT2D eigenvalue weighted by molar-refractivity contribution is 5.79. The van der Waals surface area contributed by atoms with Crippen molar-refractivity contribution < 1.29 is 4.57 Å². The monoisotopic (exact) mass is 448 g/mol. The molecule has 1 saturated carbocycles. The number of benzene rings is 2. The fourth-order valence-electron chi connectivity index (χ4n) is 6.94. The van der Waals surface area contributed by atoms with E-state index in [1.807, 2.05) is 0 Å². The summed E-state index contributed by atoms with van der Waals surface area (Å²) in [6, 6.07) is 18.9. The van der Waals surface area contributed by atoms with Crippen LogP contribution in [0.5, 0.6) is 0 Å². The summed E-state index contributed by atoms with van der Waals surface area (Å²) < 4.78 is 2.66. The van der Waals surface area contributed by atoms with Gasteiger partial charge in [0, 0.05) is 24.5 Å². The summed E-state index contributed by atoms with van der Waals surface area (Å²) in [6.45, 7) is 6.98. The molecule has 1 fully saturated rings. The predicted octanol–water partition coefficient (Wildman–Crippen LogP) is 8.56. The molecule has 2 bridgehead atoms. The Morgan fingerprint density at radius 3 is 2.47 bits per heavy atom. The van der Waals surface area contributed by atoms with Crippen LogP contribution in [-0.2, 0) is 12.0 Å². The van der Waals surface area contributed by atoms with E-state index < -0.39 is 0 Å². The first-order chi connectivity index (χ1) is 16.7. The quantitative estimate of drug-likeness (QED) is 0.333. The molecule has 34 heavy (non-hydrogen) atoms. The molecule has 0 spiro atoms. The molecule has 1 nitrogen and oxygen atoms in total. The smallest absolute Gasteiger partial charge is 0.189 e. The molecule has 0 radical (unpaired) electrons. The van der Waals surface area contributed by atoms with Gasteiger partial charge in [-0.1, -0.05) is 69.7 Å². The highest BCUT2D eigenvalue weighted by atomic mass is 15.1. The molecule has 1 aromatic heterocycles. The number of aryl methyl sites for hydroxylation is 1. The van der Waals surface area contributed by atoms with Gasteiger partial charge in [-0.05, 0) is 83.9 Å². The topological polar surface area (TPSA) is 3.88 Å². The van der Waals surface area contributed by atoms with Gasteiger partial charge < -0.3 is 0 Å². The molecule has 3 aliphatic rings. The van der Waals surface area contributed by atoms with Crippen LogP contribution in [0.3, 0.4) is 0 Å². The largest absolute Gasteiger partial charge is 0.214 e. The van der Waals surface area contributed by atoms with Crippen LogP contribution in [0.1, 0.15) is 99.8 Å². The SMILES string of the molecule is CCCCc1cccc(-c2ccc3c(c2)-c2cc4c(c[n+]2C(CC)(CC)C=C3)C2CCC4C2)c1. The number of allylic oxidation sites excluding steroid dienone is 1. The Balaban J connectivity index is 1.52. The van der Waals surface area contributed by atoms with Gasteiger partial charge in [-0.3, -0.25) is 0 Å². The number of rotatable bonds is 6. The first-order valence-corrected chi connectivity index (χ1v) is 13.7. The summed E-state index contributed by atoms with van der Waals surface area (Å²) in [7, 11) is 0. The molecule has 2 unspecified atom stereocenters. The molecule has 174 valence electrons. The summed E-state index contributed by atoms with van der Waals surface area (Å²) in [5, 5.41) is 0. The number of aromatic nitrogens is 1. The lowest BCUT2D eigenvalue weighted by Crippen LogP contribution is -2.55. The Bertz CT molecular complexity index is 1260. The van der Waals surface area contributed by atoms with Crippen LogP contribution in [0.2, 0.25) is 0 Å². The second-order valence-electron chi connectivity index (χ2n) is 10.9. The van der Waals surface area contributed by atoms with Crippen LogP contribution in [0.15, 0.2) is 60.8 Å². The van der Waals surface area contributed by atoms with Gasteiger partial charge in [-0.15, -0.1) is 0 Å². The van der Waals surface area contributed by atoms with Gasteiger partial charge in [0.15, 0.2) is 11.7 Å². The lowest BCUT2D eigenvalue weighted by atomic mass is 9.88. The van der Waals surface area contributed by atoms with Crippen LogP contribution in [0, 0.1) is 0 Å². The van der Waals surface area contributed by atoms with Gasteiger partial charge in [0.1, 0.15) is 0 Å². The first kappa shape index (κ1) is 21.8. The molecule has 1 aliphatic heterocycles. The third-order valence-electron chi connectivity index (χ3n) is 9.15. The fraction of sp³-hybridized carbons (Fsp3) is 0.424. The molecule has 2 aromatic carbocycles. The molecule has 0 saturated heterocycles. The molecular weight excluding hydrogens is 410 g/mol. The first-order valence-electron chi connectivity index (χ1n) is 13.7. The predicted molar refractivity (Wildman–Crippen MR) is 143 cm³/mol.